The molecule has 2 aromatic rings. The fraction of sp³-hybridized carbons (Fsp3) is 0.483. The summed E-state index contributed by atoms with van der Waals surface area (Å²) in [5, 5.41) is 11.8. The summed E-state index contributed by atoms with van der Waals surface area (Å²) in [4.78, 5) is 38.3. The molecule has 4 rings (SSSR count). The first-order valence-electron chi connectivity index (χ1n) is 13.4. The number of amides is 1. The molecule has 0 bridgehead atoms. The largest absolute Gasteiger partial charge is 0.490 e. The standard InChI is InChI=1S/C29H34F2N2O5/c30-24-17-23(38-22-12-8-20(9-13-22)29(36)37)18-25(31)27(24)26(34)5-4-14-32-28(35)19-6-10-21(11-7-19)33-15-2-1-3-16-33/h6-7,10-11,17-18,20,22H,1-5,8-9,12-16H2,(H,32,35)(H,36,37). The van der Waals surface area contributed by atoms with Crippen molar-refractivity contribution < 1.29 is 33.0 Å². The number of carboxylic acid groups (broad SMARTS) is 1. The molecule has 1 aliphatic carbocycles. The highest BCUT2D eigenvalue weighted by atomic mass is 19.1. The van der Waals surface area contributed by atoms with Crippen molar-refractivity contribution in [2.45, 2.75) is 63.9 Å². The van der Waals surface area contributed by atoms with Gasteiger partial charge in [-0.15, -0.1) is 0 Å². The Kier molecular flexibility index (Phi) is 9.31. The molecule has 2 aliphatic rings. The van der Waals surface area contributed by atoms with Crippen molar-refractivity contribution in [1.29, 1.82) is 0 Å². The van der Waals surface area contributed by atoms with Crippen molar-refractivity contribution in [3.63, 3.8) is 0 Å². The van der Waals surface area contributed by atoms with Gasteiger partial charge in [-0.1, -0.05) is 0 Å². The molecule has 0 radical (unpaired) electrons. The Morgan fingerprint density at radius 3 is 2.18 bits per heavy atom. The minimum Gasteiger partial charge on any atom is -0.490 e. The van der Waals surface area contributed by atoms with Gasteiger partial charge >= 0.3 is 5.97 Å². The van der Waals surface area contributed by atoms with E-state index >= 15 is 0 Å². The van der Waals surface area contributed by atoms with Gasteiger partial charge in [0.05, 0.1) is 17.6 Å². The van der Waals surface area contributed by atoms with Gasteiger partial charge in [0.2, 0.25) is 0 Å². The topological polar surface area (TPSA) is 95.9 Å². The van der Waals surface area contributed by atoms with Crippen molar-refractivity contribution in [2.24, 2.45) is 5.92 Å². The number of hydrogen-bond acceptors (Lipinski definition) is 5. The van der Waals surface area contributed by atoms with E-state index in [1.807, 2.05) is 12.1 Å². The molecule has 204 valence electrons. The molecule has 2 fully saturated rings. The van der Waals surface area contributed by atoms with Gasteiger partial charge in [0.1, 0.15) is 17.4 Å². The van der Waals surface area contributed by atoms with Crippen LogP contribution in [0.15, 0.2) is 36.4 Å². The second-order valence-corrected chi connectivity index (χ2v) is 10.1. The molecular weight excluding hydrogens is 494 g/mol. The Labute approximate surface area is 221 Å². The lowest BCUT2D eigenvalue weighted by Crippen LogP contribution is -2.29. The van der Waals surface area contributed by atoms with E-state index in [0.717, 1.165) is 30.9 Å². The number of benzene rings is 2. The molecule has 0 atom stereocenters. The first-order chi connectivity index (χ1) is 18.3. The molecule has 1 saturated heterocycles. The molecular formula is C29H34F2N2O5. The van der Waals surface area contributed by atoms with Crippen LogP contribution in [0, 0.1) is 17.6 Å². The average molecular weight is 529 g/mol. The Morgan fingerprint density at radius 1 is 0.947 bits per heavy atom. The van der Waals surface area contributed by atoms with Gasteiger partial charge in [-0.25, -0.2) is 8.78 Å². The van der Waals surface area contributed by atoms with Gasteiger partial charge in [0.15, 0.2) is 5.78 Å². The maximum atomic E-state index is 14.6. The summed E-state index contributed by atoms with van der Waals surface area (Å²) in [6.45, 7) is 2.24. The van der Waals surface area contributed by atoms with Crippen molar-refractivity contribution in [2.75, 3.05) is 24.5 Å². The van der Waals surface area contributed by atoms with E-state index < -0.39 is 34.9 Å². The van der Waals surface area contributed by atoms with E-state index in [4.69, 9.17) is 9.84 Å². The molecule has 1 aliphatic heterocycles. The van der Waals surface area contributed by atoms with E-state index in [1.54, 1.807) is 12.1 Å². The second kappa shape index (κ2) is 12.8. The summed E-state index contributed by atoms with van der Waals surface area (Å²) in [7, 11) is 0. The Morgan fingerprint density at radius 2 is 1.58 bits per heavy atom. The highest BCUT2D eigenvalue weighted by Crippen LogP contribution is 2.30. The zero-order valence-electron chi connectivity index (χ0n) is 21.4. The van der Waals surface area contributed by atoms with E-state index in [2.05, 4.69) is 10.2 Å². The number of ether oxygens (including phenoxy) is 1. The molecule has 2 aromatic carbocycles. The van der Waals surface area contributed by atoms with Gasteiger partial charge in [0.25, 0.3) is 5.91 Å². The highest BCUT2D eigenvalue weighted by molar-refractivity contribution is 5.97. The number of nitrogens with one attached hydrogen (secondary N) is 1. The minimum atomic E-state index is -0.998. The number of halogens is 2. The van der Waals surface area contributed by atoms with Gasteiger partial charge in [-0.2, -0.15) is 0 Å². The molecule has 1 amide bonds. The van der Waals surface area contributed by atoms with Crippen molar-refractivity contribution >= 4 is 23.3 Å². The summed E-state index contributed by atoms with van der Waals surface area (Å²) >= 11 is 0. The van der Waals surface area contributed by atoms with Crippen LogP contribution in [0.2, 0.25) is 0 Å². The van der Waals surface area contributed by atoms with Gasteiger partial charge in [-0.3, -0.25) is 14.4 Å². The summed E-state index contributed by atoms with van der Waals surface area (Å²) in [6.07, 6.45) is 5.23. The number of aliphatic carboxylic acids is 1. The first-order valence-corrected chi connectivity index (χ1v) is 13.4. The van der Waals surface area contributed by atoms with E-state index in [0.29, 0.717) is 31.2 Å². The number of carboxylic acids is 1. The molecule has 2 N–H and O–H groups in total. The molecule has 7 nitrogen and oxygen atoms in total. The maximum absolute atomic E-state index is 14.6. The van der Waals surface area contributed by atoms with Crippen LogP contribution in [-0.2, 0) is 4.79 Å². The lowest BCUT2D eigenvalue weighted by atomic mass is 9.87. The van der Waals surface area contributed by atoms with Crippen LogP contribution >= 0.6 is 0 Å². The second-order valence-electron chi connectivity index (χ2n) is 10.1. The van der Waals surface area contributed by atoms with E-state index in [1.165, 1.54) is 19.3 Å². The van der Waals surface area contributed by atoms with Crippen molar-refractivity contribution in [3.8, 4) is 5.75 Å². The van der Waals surface area contributed by atoms with Crippen molar-refractivity contribution in [3.05, 3.63) is 59.2 Å². The normalized spacial score (nSPS) is 19.6. The number of ketones is 1. The summed E-state index contributed by atoms with van der Waals surface area (Å²) in [5.41, 5.74) is 0.991. The molecule has 0 aromatic heterocycles. The number of carbonyl (C=O) groups excluding carboxylic acids is 2. The smallest absolute Gasteiger partial charge is 0.306 e. The monoisotopic (exact) mass is 528 g/mol. The molecule has 0 spiro atoms. The third-order valence-corrected chi connectivity index (χ3v) is 7.34. The molecule has 1 heterocycles. The van der Waals surface area contributed by atoms with Crippen LogP contribution in [0.25, 0.3) is 0 Å². The zero-order chi connectivity index (χ0) is 27.1. The van der Waals surface area contributed by atoms with Crippen LogP contribution in [0.1, 0.15) is 78.5 Å². The van der Waals surface area contributed by atoms with E-state index in [-0.39, 0.29) is 37.1 Å². The van der Waals surface area contributed by atoms with E-state index in [9.17, 15) is 23.2 Å². The van der Waals surface area contributed by atoms with Crippen LogP contribution in [0.5, 0.6) is 5.75 Å². The number of rotatable bonds is 10. The van der Waals surface area contributed by atoms with Crippen LogP contribution in [0.3, 0.4) is 0 Å². The number of piperidine rings is 1. The average Bonchev–Trinajstić information content (AvgIpc) is 2.91. The quantitative estimate of drug-likeness (QED) is 0.318. The maximum Gasteiger partial charge on any atom is 0.306 e. The number of carbonyl (C=O) groups is 3. The van der Waals surface area contributed by atoms with Crippen molar-refractivity contribution in [1.82, 2.24) is 5.32 Å². The number of Topliss-reactive ketones (excluding diaryl/α,β-unsaturated/α-hetero) is 1. The Balaban J connectivity index is 1.23. The first kappa shape index (κ1) is 27.5. The predicted molar refractivity (Wildman–Crippen MR) is 139 cm³/mol. The van der Waals surface area contributed by atoms with Gasteiger partial charge in [-0.05, 0) is 75.6 Å². The third kappa shape index (κ3) is 7.08. The molecule has 0 unspecified atom stereocenters. The lowest BCUT2D eigenvalue weighted by Gasteiger charge is -2.28. The molecule has 1 saturated carbocycles. The Hall–Kier alpha value is -3.49. The summed E-state index contributed by atoms with van der Waals surface area (Å²) in [5.74, 6) is -4.23. The van der Waals surface area contributed by atoms with Crippen LogP contribution < -0.4 is 15.0 Å². The molecule has 9 heteroatoms. The summed E-state index contributed by atoms with van der Waals surface area (Å²) < 4.78 is 34.9. The number of nitrogens with zero attached hydrogens (tertiary/aromatic N) is 1. The fourth-order valence-electron chi connectivity index (χ4n) is 5.16. The fourth-order valence-corrected chi connectivity index (χ4v) is 5.16. The van der Waals surface area contributed by atoms with Crippen LogP contribution in [0.4, 0.5) is 14.5 Å². The molecule has 38 heavy (non-hydrogen) atoms. The number of anilines is 1. The minimum absolute atomic E-state index is 0.0195. The lowest BCUT2D eigenvalue weighted by molar-refractivity contribution is -0.143. The number of hydrogen-bond donors (Lipinski definition) is 2. The van der Waals surface area contributed by atoms with Gasteiger partial charge in [0, 0.05) is 49.4 Å². The van der Waals surface area contributed by atoms with Crippen LogP contribution in [-0.4, -0.2) is 48.5 Å². The third-order valence-electron chi connectivity index (χ3n) is 7.34. The highest BCUT2D eigenvalue weighted by Gasteiger charge is 2.28. The summed E-state index contributed by atoms with van der Waals surface area (Å²) in [6, 6.07) is 9.41. The predicted octanol–water partition coefficient (Wildman–Crippen LogP) is 5.37. The zero-order valence-corrected chi connectivity index (χ0v) is 21.4. The Bertz CT molecular complexity index is 1120. The van der Waals surface area contributed by atoms with Gasteiger partial charge < -0.3 is 20.1 Å². The SMILES string of the molecule is O=C(NCCCC(=O)c1c(F)cc(OC2CCC(C(=O)O)CC2)cc1F)c1ccc(N2CCCCC2)cc1.